The van der Waals surface area contributed by atoms with Crippen LogP contribution in [0.3, 0.4) is 0 Å². The van der Waals surface area contributed by atoms with Crippen LogP contribution in [0.2, 0.25) is 0 Å². The van der Waals surface area contributed by atoms with Crippen LogP contribution >= 0.6 is 11.3 Å². The molecule has 1 saturated heterocycles. The van der Waals surface area contributed by atoms with E-state index >= 15 is 0 Å². The number of hydrogen-bond donors (Lipinski definition) is 1. The first-order valence-corrected chi connectivity index (χ1v) is 8.83. The Hall–Kier alpha value is -2.28. The van der Waals surface area contributed by atoms with Crippen LogP contribution in [0.5, 0.6) is 0 Å². The summed E-state index contributed by atoms with van der Waals surface area (Å²) < 4.78 is 0. The number of carbonyl (C=O) groups excluding carboxylic acids is 1. The summed E-state index contributed by atoms with van der Waals surface area (Å²) in [5, 5.41) is 9.55. The SMILES string of the molecule is O=C(O)CCC1CCCN(C(=O)c2cnc(-c3ccccn3)s2)C1. The fraction of sp³-hybridized carbons (Fsp3) is 0.412. The van der Waals surface area contributed by atoms with E-state index in [1.807, 2.05) is 23.1 Å². The molecule has 1 N–H and O–H groups in total. The second-order valence-corrected chi connectivity index (χ2v) is 6.97. The highest BCUT2D eigenvalue weighted by Gasteiger charge is 2.26. The lowest BCUT2D eigenvalue weighted by atomic mass is 9.93. The van der Waals surface area contributed by atoms with Crippen LogP contribution in [-0.4, -0.2) is 44.9 Å². The van der Waals surface area contributed by atoms with Gasteiger partial charge in [0.25, 0.3) is 5.91 Å². The highest BCUT2D eigenvalue weighted by atomic mass is 32.1. The number of pyridine rings is 1. The molecule has 3 heterocycles. The van der Waals surface area contributed by atoms with Gasteiger partial charge in [-0.25, -0.2) is 4.98 Å². The summed E-state index contributed by atoms with van der Waals surface area (Å²) >= 11 is 1.35. The molecule has 1 amide bonds. The molecule has 2 aromatic rings. The molecule has 0 aromatic carbocycles. The third kappa shape index (κ3) is 3.97. The minimum Gasteiger partial charge on any atom is -0.481 e. The van der Waals surface area contributed by atoms with Crippen LogP contribution in [0, 0.1) is 5.92 Å². The van der Waals surface area contributed by atoms with Crippen molar-refractivity contribution >= 4 is 23.2 Å². The first kappa shape index (κ1) is 16.6. The molecule has 126 valence electrons. The maximum absolute atomic E-state index is 12.7. The minimum absolute atomic E-state index is 0.0188. The summed E-state index contributed by atoms with van der Waals surface area (Å²) in [7, 11) is 0. The van der Waals surface area contributed by atoms with E-state index in [2.05, 4.69) is 9.97 Å². The van der Waals surface area contributed by atoms with Crippen LogP contribution in [0.1, 0.15) is 35.4 Å². The van der Waals surface area contributed by atoms with E-state index in [9.17, 15) is 9.59 Å². The normalized spacial score (nSPS) is 17.7. The zero-order valence-corrected chi connectivity index (χ0v) is 14.0. The van der Waals surface area contributed by atoms with Gasteiger partial charge in [0.15, 0.2) is 0 Å². The fourth-order valence-corrected chi connectivity index (χ4v) is 3.81. The third-order valence-corrected chi connectivity index (χ3v) is 5.18. The summed E-state index contributed by atoms with van der Waals surface area (Å²) in [6.45, 7) is 1.35. The first-order valence-electron chi connectivity index (χ1n) is 8.02. The van der Waals surface area contributed by atoms with Gasteiger partial charge in [0, 0.05) is 25.7 Å². The molecule has 0 saturated carbocycles. The zero-order valence-electron chi connectivity index (χ0n) is 13.2. The van der Waals surface area contributed by atoms with Crippen LogP contribution in [0.4, 0.5) is 0 Å². The van der Waals surface area contributed by atoms with Gasteiger partial charge in [0.2, 0.25) is 0 Å². The maximum Gasteiger partial charge on any atom is 0.303 e. The number of rotatable bonds is 5. The molecule has 0 spiro atoms. The van der Waals surface area contributed by atoms with E-state index in [1.165, 1.54) is 11.3 Å². The van der Waals surface area contributed by atoms with E-state index in [1.54, 1.807) is 12.4 Å². The number of nitrogens with zero attached hydrogens (tertiary/aromatic N) is 3. The van der Waals surface area contributed by atoms with E-state index in [0.29, 0.717) is 17.8 Å². The second kappa shape index (κ2) is 7.53. The van der Waals surface area contributed by atoms with E-state index < -0.39 is 5.97 Å². The van der Waals surface area contributed by atoms with Crippen molar-refractivity contribution in [3.05, 3.63) is 35.5 Å². The summed E-state index contributed by atoms with van der Waals surface area (Å²) in [6, 6.07) is 5.60. The number of carboxylic acids is 1. The van der Waals surface area contributed by atoms with Crippen LogP contribution in [-0.2, 0) is 4.79 Å². The Kier molecular flexibility index (Phi) is 5.20. The largest absolute Gasteiger partial charge is 0.481 e. The Morgan fingerprint density at radius 2 is 2.21 bits per heavy atom. The van der Waals surface area contributed by atoms with Gasteiger partial charge in [-0.2, -0.15) is 0 Å². The minimum atomic E-state index is -0.777. The highest BCUT2D eigenvalue weighted by molar-refractivity contribution is 7.16. The Labute approximate surface area is 144 Å². The molecule has 1 aliphatic heterocycles. The highest BCUT2D eigenvalue weighted by Crippen LogP contribution is 2.27. The Balaban J connectivity index is 1.66. The lowest BCUT2D eigenvalue weighted by Crippen LogP contribution is -2.39. The average Bonchev–Trinajstić information content (AvgIpc) is 3.10. The van der Waals surface area contributed by atoms with Gasteiger partial charge in [-0.1, -0.05) is 6.07 Å². The molecule has 0 radical (unpaired) electrons. The molecule has 6 nitrogen and oxygen atoms in total. The van der Waals surface area contributed by atoms with Gasteiger partial charge in [-0.15, -0.1) is 11.3 Å². The third-order valence-electron chi connectivity index (χ3n) is 4.17. The molecular weight excluding hydrogens is 326 g/mol. The summed E-state index contributed by atoms with van der Waals surface area (Å²) in [4.78, 5) is 34.4. The number of piperidine rings is 1. The molecule has 2 aromatic heterocycles. The summed E-state index contributed by atoms with van der Waals surface area (Å²) in [5.41, 5.74) is 0.763. The zero-order chi connectivity index (χ0) is 16.9. The molecule has 1 fully saturated rings. The molecule has 24 heavy (non-hydrogen) atoms. The molecule has 0 bridgehead atoms. The van der Waals surface area contributed by atoms with Crippen molar-refractivity contribution in [3.63, 3.8) is 0 Å². The Morgan fingerprint density at radius 3 is 2.96 bits per heavy atom. The summed E-state index contributed by atoms with van der Waals surface area (Å²) in [6.07, 6.45) is 6.01. The van der Waals surface area contributed by atoms with Gasteiger partial charge < -0.3 is 10.0 Å². The molecule has 3 rings (SSSR count). The maximum atomic E-state index is 12.7. The average molecular weight is 345 g/mol. The number of thiazole rings is 1. The van der Waals surface area contributed by atoms with Gasteiger partial charge in [0.05, 0.1) is 11.9 Å². The van der Waals surface area contributed by atoms with Crippen LogP contribution in [0.25, 0.3) is 10.7 Å². The number of amides is 1. The monoisotopic (exact) mass is 345 g/mol. The predicted octanol–water partition coefficient (Wildman–Crippen LogP) is 2.92. The van der Waals surface area contributed by atoms with E-state index in [-0.39, 0.29) is 18.2 Å². The molecule has 0 aliphatic carbocycles. The van der Waals surface area contributed by atoms with Crippen molar-refractivity contribution in [3.8, 4) is 10.7 Å². The van der Waals surface area contributed by atoms with Gasteiger partial charge in [-0.3, -0.25) is 14.6 Å². The van der Waals surface area contributed by atoms with E-state index in [4.69, 9.17) is 5.11 Å². The fourth-order valence-electron chi connectivity index (χ4n) is 2.95. The molecule has 1 aliphatic rings. The first-order chi connectivity index (χ1) is 11.6. The lowest BCUT2D eigenvalue weighted by molar-refractivity contribution is -0.137. The van der Waals surface area contributed by atoms with Crippen molar-refractivity contribution in [2.24, 2.45) is 5.92 Å². The second-order valence-electron chi connectivity index (χ2n) is 5.94. The number of carboxylic acid groups (broad SMARTS) is 1. The number of aliphatic carboxylic acids is 1. The van der Waals surface area contributed by atoms with Gasteiger partial charge in [0.1, 0.15) is 9.88 Å². The number of carbonyl (C=O) groups is 2. The van der Waals surface area contributed by atoms with Crippen molar-refractivity contribution in [2.45, 2.75) is 25.7 Å². The Bertz CT molecular complexity index is 717. The quantitative estimate of drug-likeness (QED) is 0.901. The lowest BCUT2D eigenvalue weighted by Gasteiger charge is -2.32. The van der Waals surface area contributed by atoms with Gasteiger partial charge >= 0.3 is 5.97 Å². The van der Waals surface area contributed by atoms with Gasteiger partial charge in [-0.05, 0) is 37.3 Å². The van der Waals surface area contributed by atoms with Crippen LogP contribution < -0.4 is 0 Å². The molecular formula is C17H19N3O3S. The summed E-state index contributed by atoms with van der Waals surface area (Å²) in [5.74, 6) is -0.530. The molecule has 7 heteroatoms. The standard InChI is InChI=1S/C17H19N3O3S/c21-15(22)7-6-12-4-3-9-20(11-12)17(23)14-10-19-16(24-14)13-5-1-2-8-18-13/h1-2,5,8,10,12H,3-4,6-7,9,11H2,(H,21,22). The number of likely N-dealkylation sites (tertiary alicyclic amines) is 1. The van der Waals surface area contributed by atoms with Crippen molar-refractivity contribution < 1.29 is 14.7 Å². The predicted molar refractivity (Wildman–Crippen MR) is 90.8 cm³/mol. The van der Waals surface area contributed by atoms with E-state index in [0.717, 1.165) is 30.1 Å². The number of hydrogen-bond acceptors (Lipinski definition) is 5. The topological polar surface area (TPSA) is 83.4 Å². The van der Waals surface area contributed by atoms with Crippen LogP contribution in [0.15, 0.2) is 30.6 Å². The number of aromatic nitrogens is 2. The van der Waals surface area contributed by atoms with Crippen molar-refractivity contribution in [1.29, 1.82) is 0 Å². The Morgan fingerprint density at radius 1 is 1.33 bits per heavy atom. The van der Waals surface area contributed by atoms with Crippen molar-refractivity contribution in [2.75, 3.05) is 13.1 Å². The smallest absolute Gasteiger partial charge is 0.303 e. The molecule has 1 unspecified atom stereocenters. The molecule has 1 atom stereocenters. The van der Waals surface area contributed by atoms with Crippen molar-refractivity contribution in [1.82, 2.24) is 14.9 Å².